The van der Waals surface area contributed by atoms with Gasteiger partial charge < -0.3 is 19.5 Å². The maximum absolute atomic E-state index is 12.3. The van der Waals surface area contributed by atoms with Gasteiger partial charge in [-0.2, -0.15) is 0 Å². The first-order chi connectivity index (χ1) is 14.9. The molecule has 2 aromatic heterocycles. The van der Waals surface area contributed by atoms with Crippen LogP contribution in [0.2, 0.25) is 0 Å². The average Bonchev–Trinajstić information content (AvgIpc) is 3.34. The van der Waals surface area contributed by atoms with Crippen molar-refractivity contribution in [2.24, 2.45) is 0 Å². The Labute approximate surface area is 190 Å². The van der Waals surface area contributed by atoms with Crippen molar-refractivity contribution < 1.29 is 23.6 Å². The first-order valence-corrected chi connectivity index (χ1v) is 12.6. The summed E-state index contributed by atoms with van der Waals surface area (Å²) < 4.78 is 25.3. The van der Waals surface area contributed by atoms with E-state index in [0.717, 1.165) is 61.1 Å². The highest BCUT2D eigenvalue weighted by atomic mass is 32.2. The number of ether oxygens (including phenoxy) is 1. The van der Waals surface area contributed by atoms with Gasteiger partial charge in [-0.25, -0.2) is 13.3 Å². The number of pyridine rings is 1. The summed E-state index contributed by atoms with van der Waals surface area (Å²) in [4.78, 5) is 18.8. The molecule has 0 radical (unpaired) electrons. The normalized spacial score (nSPS) is 22.2. The van der Waals surface area contributed by atoms with Gasteiger partial charge in [0.1, 0.15) is 11.4 Å². The predicted octanol–water partition coefficient (Wildman–Crippen LogP) is 3.25. The van der Waals surface area contributed by atoms with E-state index in [1.54, 1.807) is 6.26 Å². The van der Waals surface area contributed by atoms with Crippen molar-refractivity contribution in [3.05, 3.63) is 35.9 Å². The second-order valence-electron chi connectivity index (χ2n) is 9.13. The molecule has 9 heteroatoms. The summed E-state index contributed by atoms with van der Waals surface area (Å²) in [5.74, 6) is 1.28. The van der Waals surface area contributed by atoms with Crippen LogP contribution in [-0.2, 0) is 15.7 Å². The standard InChI is InChI=1S/C23H29N3O4S.H2O/c1-23(7-8-23)30-22(27)25-9-3-17(4-10-25)20-14-18-13-19(24-15-21(18)29-20)16-5-11-26(12-6-16)31(2)28;/h5,13-15,17H,3-4,6-12H2,1-2H3;1H2. The lowest BCUT2D eigenvalue weighted by Gasteiger charge is -2.31. The zero-order valence-electron chi connectivity index (χ0n) is 18.6. The molecule has 32 heavy (non-hydrogen) atoms. The number of carbonyl (C=O) groups excluding carboxylic acids is 1. The van der Waals surface area contributed by atoms with Crippen molar-refractivity contribution in [2.45, 2.75) is 50.5 Å². The zero-order valence-corrected chi connectivity index (χ0v) is 19.5. The highest BCUT2D eigenvalue weighted by Crippen LogP contribution is 2.40. The summed E-state index contributed by atoms with van der Waals surface area (Å²) in [5, 5.41) is 1.06. The van der Waals surface area contributed by atoms with Gasteiger partial charge in [0.15, 0.2) is 5.58 Å². The van der Waals surface area contributed by atoms with Gasteiger partial charge in [0.2, 0.25) is 0 Å². The van der Waals surface area contributed by atoms with E-state index in [1.807, 2.05) is 22.3 Å². The molecule has 2 fully saturated rings. The Bertz CT molecular complexity index is 1050. The fourth-order valence-corrected chi connectivity index (χ4v) is 4.99. The fraction of sp³-hybridized carbons (Fsp3) is 0.565. The van der Waals surface area contributed by atoms with Gasteiger partial charge in [-0.15, -0.1) is 0 Å². The van der Waals surface area contributed by atoms with E-state index in [1.165, 1.54) is 5.57 Å². The van der Waals surface area contributed by atoms with Gasteiger partial charge in [-0.1, -0.05) is 6.08 Å². The van der Waals surface area contributed by atoms with Gasteiger partial charge in [0.05, 0.1) is 22.9 Å². The molecule has 1 amide bonds. The maximum atomic E-state index is 12.3. The van der Waals surface area contributed by atoms with Gasteiger partial charge in [-0.05, 0) is 56.7 Å². The van der Waals surface area contributed by atoms with Crippen molar-refractivity contribution in [1.82, 2.24) is 14.2 Å². The summed E-state index contributed by atoms with van der Waals surface area (Å²) in [5.41, 5.74) is 2.74. The Morgan fingerprint density at radius 1 is 1.25 bits per heavy atom. The van der Waals surface area contributed by atoms with Crippen LogP contribution in [0, 0.1) is 0 Å². The molecule has 0 spiro atoms. The van der Waals surface area contributed by atoms with E-state index in [-0.39, 0.29) is 17.2 Å². The topological polar surface area (TPSA) is 107 Å². The van der Waals surface area contributed by atoms with E-state index < -0.39 is 11.0 Å². The number of piperidine rings is 1. The minimum Gasteiger partial charge on any atom is -0.459 e. The largest absolute Gasteiger partial charge is 0.459 e. The Hall–Kier alpha value is -2.23. The number of furan rings is 1. The Morgan fingerprint density at radius 3 is 2.62 bits per heavy atom. The Kier molecular flexibility index (Phi) is 6.42. The third-order valence-corrected chi connectivity index (χ3v) is 7.79. The highest BCUT2D eigenvalue weighted by Gasteiger charge is 2.43. The lowest BCUT2D eigenvalue weighted by molar-refractivity contribution is 0.0514. The third kappa shape index (κ3) is 4.74. The van der Waals surface area contributed by atoms with E-state index in [0.29, 0.717) is 25.6 Å². The van der Waals surface area contributed by atoms with Crippen LogP contribution in [0.3, 0.4) is 0 Å². The molecular formula is C23H31N3O5S. The lowest BCUT2D eigenvalue weighted by Crippen LogP contribution is -2.39. The maximum Gasteiger partial charge on any atom is 0.410 e. The average molecular weight is 462 g/mol. The number of rotatable bonds is 4. The summed E-state index contributed by atoms with van der Waals surface area (Å²) in [6.45, 7) is 4.86. The highest BCUT2D eigenvalue weighted by molar-refractivity contribution is 7.81. The molecule has 0 bridgehead atoms. The quantitative estimate of drug-likeness (QED) is 0.695. The van der Waals surface area contributed by atoms with Gasteiger partial charge in [-0.3, -0.25) is 4.98 Å². The van der Waals surface area contributed by atoms with Crippen molar-refractivity contribution in [3.63, 3.8) is 0 Å². The molecule has 1 saturated carbocycles. The Morgan fingerprint density at radius 2 is 2.00 bits per heavy atom. The molecule has 4 heterocycles. The summed E-state index contributed by atoms with van der Waals surface area (Å²) >= 11 is 0. The van der Waals surface area contributed by atoms with E-state index in [9.17, 15) is 9.00 Å². The fourth-order valence-electron chi connectivity index (χ4n) is 4.36. The minimum absolute atomic E-state index is 0. The number of aromatic nitrogens is 1. The molecule has 1 atom stereocenters. The number of hydrogen-bond acceptors (Lipinski definition) is 5. The number of hydrogen-bond donors (Lipinski definition) is 0. The smallest absolute Gasteiger partial charge is 0.410 e. The molecule has 3 aliphatic rings. The second kappa shape index (κ2) is 8.96. The monoisotopic (exact) mass is 461 g/mol. The Balaban J connectivity index is 0.00000245. The number of nitrogens with zero attached hydrogens (tertiary/aromatic N) is 3. The van der Waals surface area contributed by atoms with E-state index >= 15 is 0 Å². The second-order valence-corrected chi connectivity index (χ2v) is 10.5. The molecule has 0 aromatic carbocycles. The van der Waals surface area contributed by atoms with Crippen LogP contribution in [0.1, 0.15) is 56.4 Å². The first-order valence-electron chi connectivity index (χ1n) is 11.1. The summed E-state index contributed by atoms with van der Waals surface area (Å²) in [7, 11) is -0.932. The van der Waals surface area contributed by atoms with E-state index in [2.05, 4.69) is 23.2 Å². The van der Waals surface area contributed by atoms with Crippen molar-refractivity contribution >= 4 is 33.6 Å². The van der Waals surface area contributed by atoms with Crippen LogP contribution in [0.15, 0.2) is 28.8 Å². The van der Waals surface area contributed by atoms with Crippen LogP contribution >= 0.6 is 0 Å². The van der Waals surface area contributed by atoms with Crippen LogP contribution in [0.5, 0.6) is 0 Å². The zero-order chi connectivity index (χ0) is 21.6. The van der Waals surface area contributed by atoms with Gasteiger partial charge >= 0.3 is 6.09 Å². The minimum atomic E-state index is -0.932. The molecule has 1 unspecified atom stereocenters. The summed E-state index contributed by atoms with van der Waals surface area (Å²) in [6, 6.07) is 4.22. The van der Waals surface area contributed by atoms with Crippen LogP contribution in [-0.4, -0.2) is 68.0 Å². The van der Waals surface area contributed by atoms with Crippen molar-refractivity contribution in [2.75, 3.05) is 32.4 Å². The molecule has 5 rings (SSSR count). The van der Waals surface area contributed by atoms with Gasteiger partial charge in [0.25, 0.3) is 0 Å². The van der Waals surface area contributed by atoms with Crippen LogP contribution < -0.4 is 0 Å². The molecule has 174 valence electrons. The van der Waals surface area contributed by atoms with Crippen LogP contribution in [0.25, 0.3) is 16.5 Å². The molecule has 2 aliphatic heterocycles. The summed E-state index contributed by atoms with van der Waals surface area (Å²) in [6.07, 6.45) is 10.0. The van der Waals surface area contributed by atoms with E-state index in [4.69, 9.17) is 9.15 Å². The molecule has 1 saturated heterocycles. The SMILES string of the molecule is CS(=O)N1CC=C(c2cc3cc(C4CCN(C(=O)OC5(C)CC5)CC4)oc3cn2)CC1.O. The molecule has 1 aliphatic carbocycles. The van der Waals surface area contributed by atoms with Crippen LogP contribution in [0.4, 0.5) is 4.79 Å². The third-order valence-electron chi connectivity index (χ3n) is 6.73. The molecule has 2 N–H and O–H groups in total. The predicted molar refractivity (Wildman–Crippen MR) is 124 cm³/mol. The van der Waals surface area contributed by atoms with Crippen molar-refractivity contribution in [3.8, 4) is 0 Å². The number of likely N-dealkylation sites (tertiary alicyclic amines) is 1. The van der Waals surface area contributed by atoms with Crippen molar-refractivity contribution in [1.29, 1.82) is 0 Å². The molecule has 8 nitrogen and oxygen atoms in total. The lowest BCUT2D eigenvalue weighted by atomic mass is 9.94. The number of carbonyl (C=O) groups is 1. The first kappa shape index (κ1) is 22.9. The molecule has 2 aromatic rings. The molecular weight excluding hydrogens is 430 g/mol. The number of amides is 1. The van der Waals surface area contributed by atoms with Gasteiger partial charge in [0, 0.05) is 43.7 Å². The number of fused-ring (bicyclic) bond motifs is 1.